The lowest BCUT2D eigenvalue weighted by Crippen LogP contribution is -1.87. The number of hydrogen-bond acceptors (Lipinski definition) is 4. The average molecular weight is 276 g/mol. The Morgan fingerprint density at radius 3 is 2.71 bits per heavy atom. The van der Waals surface area contributed by atoms with Crippen molar-refractivity contribution in [3.05, 3.63) is 39.9 Å². The molecule has 0 aliphatic heterocycles. The minimum atomic E-state index is -1.03. The van der Waals surface area contributed by atoms with Crippen molar-refractivity contribution in [2.45, 2.75) is 0 Å². The molecule has 0 aliphatic rings. The van der Waals surface area contributed by atoms with E-state index < -0.39 is 11.6 Å². The van der Waals surface area contributed by atoms with Gasteiger partial charge in [0.1, 0.15) is 10.6 Å². The van der Waals surface area contributed by atoms with Crippen LogP contribution >= 0.6 is 22.9 Å². The van der Waals surface area contributed by atoms with Crippen molar-refractivity contribution < 1.29 is 18.3 Å². The molecule has 17 heavy (non-hydrogen) atoms. The molecule has 0 N–H and O–H groups in total. The molecule has 0 unspecified atom stereocenters. The summed E-state index contributed by atoms with van der Waals surface area (Å²) in [5.41, 5.74) is 0. The fraction of sp³-hybridized carbons (Fsp3) is 0. The van der Waals surface area contributed by atoms with Gasteiger partial charge in [0.05, 0.1) is 0 Å². The number of aromatic nitrogens is 1. The maximum atomic E-state index is 12.9. The lowest BCUT2D eigenvalue weighted by atomic mass is 10.3. The minimum absolute atomic E-state index is 0.0163. The zero-order valence-electron chi connectivity index (χ0n) is 8.12. The van der Waals surface area contributed by atoms with Crippen molar-refractivity contribution in [3.63, 3.8) is 0 Å². The first-order chi connectivity index (χ1) is 8.10. The number of aldehydes is 1. The largest absolute Gasteiger partial charge is 0.431 e. The monoisotopic (exact) mass is 275 g/mol. The van der Waals surface area contributed by atoms with E-state index in [1.54, 1.807) is 0 Å². The number of benzene rings is 1. The number of nitrogens with zero attached hydrogens (tertiary/aromatic N) is 1. The fourth-order valence-corrected chi connectivity index (χ4v) is 1.98. The zero-order chi connectivity index (χ0) is 12.4. The van der Waals surface area contributed by atoms with Gasteiger partial charge in [0.15, 0.2) is 23.1 Å². The predicted octanol–water partition coefficient (Wildman–Crippen LogP) is 3.68. The molecule has 0 radical (unpaired) electrons. The average Bonchev–Trinajstić information content (AvgIpc) is 2.64. The van der Waals surface area contributed by atoms with Crippen molar-refractivity contribution in [3.8, 4) is 10.9 Å². The van der Waals surface area contributed by atoms with Crippen LogP contribution in [-0.4, -0.2) is 11.3 Å². The molecule has 1 heterocycles. The van der Waals surface area contributed by atoms with E-state index in [1.165, 1.54) is 6.07 Å². The molecule has 0 fully saturated rings. The van der Waals surface area contributed by atoms with Gasteiger partial charge in [-0.15, -0.1) is 0 Å². The molecule has 1 aromatic heterocycles. The Balaban J connectivity index is 2.25. The molecule has 2 rings (SSSR count). The van der Waals surface area contributed by atoms with Crippen LogP contribution in [0.5, 0.6) is 10.9 Å². The van der Waals surface area contributed by atoms with Crippen molar-refractivity contribution in [1.82, 2.24) is 4.98 Å². The fourth-order valence-electron chi connectivity index (χ4n) is 1.05. The summed E-state index contributed by atoms with van der Waals surface area (Å²) in [6, 6.07) is 3.06. The molecule has 2 aromatic rings. The van der Waals surface area contributed by atoms with E-state index >= 15 is 0 Å². The van der Waals surface area contributed by atoms with Crippen LogP contribution in [0.2, 0.25) is 5.15 Å². The molecule has 0 saturated carbocycles. The third kappa shape index (κ3) is 2.59. The number of carbonyl (C=O) groups is 1. The number of thiazole rings is 1. The highest BCUT2D eigenvalue weighted by molar-refractivity contribution is 7.15. The van der Waals surface area contributed by atoms with E-state index in [9.17, 15) is 13.6 Å². The quantitative estimate of drug-likeness (QED) is 0.802. The summed E-state index contributed by atoms with van der Waals surface area (Å²) >= 11 is 6.54. The van der Waals surface area contributed by atoms with E-state index in [0.29, 0.717) is 6.29 Å². The molecular weight excluding hydrogens is 272 g/mol. The summed E-state index contributed by atoms with van der Waals surface area (Å²) in [4.78, 5) is 14.5. The SMILES string of the molecule is O=Cc1sc(Oc2ccc(F)c(F)c2)nc1Cl. The second-order valence-electron chi connectivity index (χ2n) is 2.93. The van der Waals surface area contributed by atoms with E-state index in [-0.39, 0.29) is 21.0 Å². The number of ether oxygens (including phenoxy) is 1. The Hall–Kier alpha value is -1.53. The lowest BCUT2D eigenvalue weighted by Gasteiger charge is -2.01. The maximum Gasteiger partial charge on any atom is 0.280 e. The van der Waals surface area contributed by atoms with Gasteiger partial charge in [0.25, 0.3) is 5.19 Å². The molecule has 0 spiro atoms. The second-order valence-corrected chi connectivity index (χ2v) is 4.28. The van der Waals surface area contributed by atoms with Gasteiger partial charge < -0.3 is 4.74 Å². The van der Waals surface area contributed by atoms with Gasteiger partial charge in [-0.2, -0.15) is 4.98 Å². The first kappa shape index (κ1) is 11.9. The molecule has 0 bridgehead atoms. The summed E-state index contributed by atoms with van der Waals surface area (Å²) in [7, 11) is 0. The van der Waals surface area contributed by atoms with Crippen LogP contribution < -0.4 is 4.74 Å². The molecule has 88 valence electrons. The van der Waals surface area contributed by atoms with Crippen molar-refractivity contribution >= 4 is 29.2 Å². The lowest BCUT2D eigenvalue weighted by molar-refractivity contribution is 0.112. The molecule has 0 saturated heterocycles. The minimum Gasteiger partial charge on any atom is -0.431 e. The third-order valence-corrected chi connectivity index (χ3v) is 3.05. The second kappa shape index (κ2) is 4.77. The Morgan fingerprint density at radius 1 is 1.35 bits per heavy atom. The summed E-state index contributed by atoms with van der Waals surface area (Å²) in [6.45, 7) is 0. The predicted molar refractivity (Wildman–Crippen MR) is 58.9 cm³/mol. The highest BCUT2D eigenvalue weighted by atomic mass is 35.5. The number of rotatable bonds is 3. The van der Waals surface area contributed by atoms with Gasteiger partial charge in [-0.3, -0.25) is 4.79 Å². The van der Waals surface area contributed by atoms with E-state index in [2.05, 4.69) is 4.98 Å². The van der Waals surface area contributed by atoms with Crippen LogP contribution in [0.1, 0.15) is 9.67 Å². The Labute approximate surface area is 104 Å². The number of carbonyl (C=O) groups excluding carboxylic acids is 1. The van der Waals surface area contributed by atoms with Gasteiger partial charge in [-0.1, -0.05) is 22.9 Å². The van der Waals surface area contributed by atoms with Crippen LogP contribution in [0.25, 0.3) is 0 Å². The summed E-state index contributed by atoms with van der Waals surface area (Å²) in [5, 5.41) is 0.102. The molecular formula is C10H4ClF2NO2S. The molecule has 1 aromatic carbocycles. The van der Waals surface area contributed by atoms with Gasteiger partial charge in [0.2, 0.25) is 0 Å². The Bertz CT molecular complexity index is 573. The van der Waals surface area contributed by atoms with Gasteiger partial charge >= 0.3 is 0 Å². The highest BCUT2D eigenvalue weighted by Crippen LogP contribution is 2.31. The highest BCUT2D eigenvalue weighted by Gasteiger charge is 2.11. The van der Waals surface area contributed by atoms with Crippen LogP contribution in [0.15, 0.2) is 18.2 Å². The summed E-state index contributed by atoms with van der Waals surface area (Å²) in [6.07, 6.45) is 0.540. The summed E-state index contributed by atoms with van der Waals surface area (Å²) in [5.74, 6) is -1.92. The maximum absolute atomic E-state index is 12.9. The van der Waals surface area contributed by atoms with Crippen LogP contribution in [-0.2, 0) is 0 Å². The Morgan fingerprint density at radius 2 is 2.12 bits per heavy atom. The van der Waals surface area contributed by atoms with E-state index in [4.69, 9.17) is 16.3 Å². The first-order valence-corrected chi connectivity index (χ1v) is 5.54. The molecule has 0 aliphatic carbocycles. The van der Waals surface area contributed by atoms with Crippen molar-refractivity contribution in [1.29, 1.82) is 0 Å². The number of hydrogen-bond donors (Lipinski definition) is 0. The Kier molecular flexibility index (Phi) is 3.35. The topological polar surface area (TPSA) is 39.2 Å². The van der Waals surface area contributed by atoms with E-state index in [1.807, 2.05) is 0 Å². The van der Waals surface area contributed by atoms with Gasteiger partial charge in [-0.05, 0) is 12.1 Å². The normalized spacial score (nSPS) is 10.3. The molecule has 3 nitrogen and oxygen atoms in total. The third-order valence-electron chi connectivity index (χ3n) is 1.79. The van der Waals surface area contributed by atoms with Crippen molar-refractivity contribution in [2.75, 3.05) is 0 Å². The summed E-state index contributed by atoms with van der Waals surface area (Å²) < 4.78 is 30.7. The van der Waals surface area contributed by atoms with E-state index in [0.717, 1.165) is 23.5 Å². The number of halogens is 3. The molecule has 0 amide bonds. The van der Waals surface area contributed by atoms with Crippen LogP contribution in [0, 0.1) is 11.6 Å². The van der Waals surface area contributed by atoms with Crippen LogP contribution in [0.3, 0.4) is 0 Å². The molecule has 7 heteroatoms. The molecule has 0 atom stereocenters. The standard InChI is InChI=1S/C10H4ClF2NO2S/c11-9-8(4-15)17-10(14-9)16-5-1-2-6(12)7(13)3-5/h1-4H. The zero-order valence-corrected chi connectivity index (χ0v) is 9.69. The van der Waals surface area contributed by atoms with Crippen LogP contribution in [0.4, 0.5) is 8.78 Å². The van der Waals surface area contributed by atoms with Crippen molar-refractivity contribution in [2.24, 2.45) is 0 Å². The van der Waals surface area contributed by atoms with Gasteiger partial charge in [-0.25, -0.2) is 8.78 Å². The smallest absolute Gasteiger partial charge is 0.280 e. The first-order valence-electron chi connectivity index (χ1n) is 4.34. The van der Waals surface area contributed by atoms with Gasteiger partial charge in [0, 0.05) is 6.07 Å².